The van der Waals surface area contributed by atoms with Crippen LogP contribution >= 0.6 is 0 Å². The van der Waals surface area contributed by atoms with E-state index in [2.05, 4.69) is 149 Å². The van der Waals surface area contributed by atoms with Crippen LogP contribution in [-0.4, -0.2) is 11.6 Å². The highest BCUT2D eigenvalue weighted by Gasteiger charge is 2.38. The van der Waals surface area contributed by atoms with E-state index in [4.69, 9.17) is 0 Å². The third-order valence-corrected chi connectivity index (χ3v) is 14.4. The summed E-state index contributed by atoms with van der Waals surface area (Å²) in [7, 11) is 1.89. The molecule has 1 aromatic heterocycles. The van der Waals surface area contributed by atoms with Crippen molar-refractivity contribution in [3.05, 3.63) is 219 Å². The molecule has 0 saturated carbocycles. The molecule has 9 heteroatoms. The van der Waals surface area contributed by atoms with E-state index >= 15 is 0 Å². The first kappa shape index (κ1) is 49.2. The lowest BCUT2D eigenvalue weighted by Gasteiger charge is -2.27. The third-order valence-electron chi connectivity index (χ3n) is 14.4. The fourth-order valence-corrected chi connectivity index (χ4v) is 10.8. The van der Waals surface area contributed by atoms with Crippen LogP contribution in [0.1, 0.15) is 55.6 Å². The van der Waals surface area contributed by atoms with Crippen molar-refractivity contribution < 1.29 is 26.3 Å². The zero-order valence-corrected chi connectivity index (χ0v) is 42.2. The molecule has 368 valence electrons. The van der Waals surface area contributed by atoms with Gasteiger partial charge < -0.3 is 9.47 Å². The first-order valence-corrected chi connectivity index (χ1v) is 24.3. The zero-order chi connectivity index (χ0) is 52.5. The number of aryl methyl sites for hydroxylation is 7. The summed E-state index contributed by atoms with van der Waals surface area (Å²) < 4.78 is 89.1. The second kappa shape index (κ2) is 18.6. The van der Waals surface area contributed by atoms with Gasteiger partial charge in [-0.1, -0.05) is 108 Å². The Kier molecular flexibility index (Phi) is 12.4. The van der Waals surface area contributed by atoms with Crippen molar-refractivity contribution in [2.45, 2.75) is 60.8 Å². The number of rotatable bonds is 8. The Morgan fingerprint density at radius 1 is 0.405 bits per heavy atom. The van der Waals surface area contributed by atoms with Crippen LogP contribution in [0.3, 0.4) is 0 Å². The Balaban J connectivity index is 1.25. The van der Waals surface area contributed by atoms with Crippen molar-refractivity contribution in [3.8, 4) is 67.4 Å². The van der Waals surface area contributed by atoms with Gasteiger partial charge in [0.1, 0.15) is 0 Å². The quantitative estimate of drug-likeness (QED) is 0.142. The van der Waals surface area contributed by atoms with Crippen LogP contribution in [-0.2, 0) is 12.4 Å². The van der Waals surface area contributed by atoms with Crippen LogP contribution in [0.4, 0.5) is 37.7 Å². The molecular weight excluding hydrogens is 937 g/mol. The highest BCUT2D eigenvalue weighted by molar-refractivity contribution is 6.12. The molecule has 0 fully saturated rings. The molecule has 9 aromatic carbocycles. The maximum atomic E-state index is 15.0. The minimum atomic E-state index is -5.12. The van der Waals surface area contributed by atoms with Gasteiger partial charge in [0.25, 0.3) is 0 Å². The van der Waals surface area contributed by atoms with Crippen LogP contribution < -0.4 is 4.90 Å². The van der Waals surface area contributed by atoms with Crippen molar-refractivity contribution in [2.75, 3.05) is 11.9 Å². The molecule has 1 heterocycles. The van der Waals surface area contributed by atoms with E-state index in [1.807, 2.05) is 37.1 Å². The van der Waals surface area contributed by atoms with E-state index in [9.17, 15) is 31.6 Å². The number of benzene rings is 9. The molecule has 74 heavy (non-hydrogen) atoms. The fraction of sp³-hybridized carbons (Fsp3) is 0.154. The van der Waals surface area contributed by atoms with Crippen LogP contribution in [0.2, 0.25) is 0 Å². The van der Waals surface area contributed by atoms with Gasteiger partial charge in [0.05, 0.1) is 39.5 Å². The number of aromatic nitrogens is 1. The summed E-state index contributed by atoms with van der Waals surface area (Å²) in [6, 6.07) is 52.2. The van der Waals surface area contributed by atoms with Crippen LogP contribution in [0.5, 0.6) is 0 Å². The number of hydrogen-bond donors (Lipinski definition) is 0. The van der Waals surface area contributed by atoms with Crippen LogP contribution in [0.25, 0.3) is 83.1 Å². The Morgan fingerprint density at radius 3 is 1.34 bits per heavy atom. The van der Waals surface area contributed by atoms with Gasteiger partial charge in [-0.25, -0.2) is 0 Å². The van der Waals surface area contributed by atoms with E-state index in [0.717, 1.165) is 106 Å². The Hall–Kier alpha value is -8.35. The molecule has 0 unspecified atom stereocenters. The van der Waals surface area contributed by atoms with Crippen molar-refractivity contribution in [2.24, 2.45) is 0 Å². The smallest absolute Gasteiger partial charge is 0.344 e. The van der Waals surface area contributed by atoms with Crippen LogP contribution in [0, 0.1) is 59.8 Å². The van der Waals surface area contributed by atoms with Gasteiger partial charge in [0.15, 0.2) is 0 Å². The monoisotopic (exact) mass is 987 g/mol. The van der Waals surface area contributed by atoms with Gasteiger partial charge in [-0.2, -0.15) is 31.6 Å². The van der Waals surface area contributed by atoms with E-state index in [1.54, 1.807) is 24.3 Å². The van der Waals surface area contributed by atoms with Crippen molar-refractivity contribution in [1.29, 1.82) is 5.26 Å². The standard InChI is InChI=1S/C65H51F6N3/c1-37-9-18-50(40(4)27-37)45-13-23-59(43(7)30-45)73(8)60-24-14-48(53-22-17-49(64(66,67)68)35-58(53)65(69,70)71)34-55(60)54-21-12-44(36-72)31-63(54)74-61-25-15-46(51-19-10-38(2)28-41(51)5)32-56(61)57-33-47(16-26-62(57)74)52-20-11-39(3)29-42(52)6/h9-35H,1-8H3. The molecule has 0 bridgehead atoms. The Bertz CT molecular complexity index is 3830. The largest absolute Gasteiger partial charge is 0.417 e. The number of anilines is 2. The molecule has 0 radical (unpaired) electrons. The predicted octanol–water partition coefficient (Wildman–Crippen LogP) is 19.0. The Labute approximate surface area is 427 Å². The molecule has 0 saturated heterocycles. The van der Waals surface area contributed by atoms with Crippen molar-refractivity contribution in [3.63, 3.8) is 0 Å². The number of hydrogen-bond acceptors (Lipinski definition) is 2. The number of fused-ring (bicyclic) bond motifs is 3. The number of nitrogens with zero attached hydrogens (tertiary/aromatic N) is 3. The van der Waals surface area contributed by atoms with Gasteiger partial charge in [0.2, 0.25) is 0 Å². The first-order chi connectivity index (χ1) is 35.2. The maximum absolute atomic E-state index is 15.0. The van der Waals surface area contributed by atoms with Crippen molar-refractivity contribution >= 4 is 33.2 Å². The zero-order valence-electron chi connectivity index (χ0n) is 42.2. The normalized spacial score (nSPS) is 11.9. The van der Waals surface area contributed by atoms with Gasteiger partial charge in [-0.3, -0.25) is 0 Å². The summed E-state index contributed by atoms with van der Waals surface area (Å²) in [5.41, 5.74) is 16.0. The number of halogens is 6. The average Bonchev–Trinajstić information content (AvgIpc) is 3.69. The molecule has 0 aliphatic rings. The molecule has 10 aromatic rings. The summed E-state index contributed by atoms with van der Waals surface area (Å²) >= 11 is 0. The van der Waals surface area contributed by atoms with Gasteiger partial charge in [-0.05, 0) is 188 Å². The lowest BCUT2D eigenvalue weighted by atomic mass is 9.91. The number of alkyl halides is 6. The summed E-state index contributed by atoms with van der Waals surface area (Å²) in [5.74, 6) is 0. The second-order valence-electron chi connectivity index (χ2n) is 19.6. The lowest BCUT2D eigenvalue weighted by Crippen LogP contribution is -2.14. The molecule has 0 aliphatic carbocycles. The fourth-order valence-electron chi connectivity index (χ4n) is 10.8. The molecule has 0 spiro atoms. The molecule has 10 rings (SSSR count). The topological polar surface area (TPSA) is 32.0 Å². The van der Waals surface area contributed by atoms with Gasteiger partial charge in [0, 0.05) is 40.3 Å². The predicted molar refractivity (Wildman–Crippen MR) is 290 cm³/mol. The maximum Gasteiger partial charge on any atom is 0.417 e. The highest BCUT2D eigenvalue weighted by Crippen LogP contribution is 2.47. The molecule has 0 aliphatic heterocycles. The van der Waals surface area contributed by atoms with E-state index in [0.29, 0.717) is 34.1 Å². The third kappa shape index (κ3) is 9.00. The average molecular weight is 988 g/mol. The molecule has 3 nitrogen and oxygen atoms in total. The Morgan fingerprint density at radius 2 is 0.865 bits per heavy atom. The minimum Gasteiger partial charge on any atom is -0.344 e. The molecular formula is C65H51F6N3. The summed E-state index contributed by atoms with van der Waals surface area (Å²) in [4.78, 5) is 1.98. The van der Waals surface area contributed by atoms with E-state index < -0.39 is 29.0 Å². The highest BCUT2D eigenvalue weighted by atomic mass is 19.4. The number of nitriles is 1. The summed E-state index contributed by atoms with van der Waals surface area (Å²) in [5, 5.41) is 12.4. The molecule has 0 atom stereocenters. The van der Waals surface area contributed by atoms with E-state index in [1.165, 1.54) is 6.07 Å². The van der Waals surface area contributed by atoms with Crippen molar-refractivity contribution in [1.82, 2.24) is 4.57 Å². The van der Waals surface area contributed by atoms with E-state index in [-0.39, 0.29) is 11.6 Å². The second-order valence-corrected chi connectivity index (χ2v) is 19.6. The first-order valence-electron chi connectivity index (χ1n) is 24.3. The SMILES string of the molecule is Cc1ccc(-c2ccc(N(C)c3ccc(-c4ccc(C(F)(F)F)cc4C(F)(F)F)cc3-c3ccc(C#N)cc3-n3c4ccc(-c5ccc(C)cc5C)cc4c4cc(-c5ccc(C)cc5C)ccc43)c(C)c2)c(C)c1. The summed E-state index contributed by atoms with van der Waals surface area (Å²) in [6.07, 6.45) is -10.1. The van der Waals surface area contributed by atoms with Crippen LogP contribution in [0.15, 0.2) is 164 Å². The molecule has 0 N–H and O–H groups in total. The van der Waals surface area contributed by atoms with Gasteiger partial charge >= 0.3 is 12.4 Å². The molecule has 0 amide bonds. The lowest BCUT2D eigenvalue weighted by molar-refractivity contribution is -0.142. The minimum absolute atomic E-state index is 0.0638. The van der Waals surface area contributed by atoms with Gasteiger partial charge in [-0.15, -0.1) is 0 Å². The summed E-state index contributed by atoms with van der Waals surface area (Å²) in [6.45, 7) is 14.5.